The summed E-state index contributed by atoms with van der Waals surface area (Å²) in [6, 6.07) is 12.0. The molecule has 1 N–H and O–H groups in total. The molecule has 2 heterocycles. The second-order valence-corrected chi connectivity index (χ2v) is 8.30. The van der Waals surface area contributed by atoms with Crippen LogP contribution in [0.1, 0.15) is 27.6 Å². The van der Waals surface area contributed by atoms with Crippen molar-refractivity contribution in [2.75, 3.05) is 12.0 Å². The lowest BCUT2D eigenvalue weighted by Gasteiger charge is -2.26. The number of anilines is 1. The lowest BCUT2D eigenvalue weighted by Crippen LogP contribution is -2.29. The van der Waals surface area contributed by atoms with Crippen molar-refractivity contribution in [3.8, 4) is 5.75 Å². The van der Waals surface area contributed by atoms with Gasteiger partial charge in [0.15, 0.2) is 0 Å². The number of hydrogen-bond donors (Lipinski definition) is 1. The molecule has 1 aliphatic rings. The van der Waals surface area contributed by atoms with Gasteiger partial charge in [-0.2, -0.15) is 0 Å². The van der Waals surface area contributed by atoms with Gasteiger partial charge < -0.3 is 9.84 Å². The van der Waals surface area contributed by atoms with Gasteiger partial charge in [-0.1, -0.05) is 23.8 Å². The fourth-order valence-corrected chi connectivity index (χ4v) is 4.71. The van der Waals surface area contributed by atoms with E-state index in [2.05, 4.69) is 0 Å². The van der Waals surface area contributed by atoms with Crippen molar-refractivity contribution in [1.82, 2.24) is 0 Å². The Morgan fingerprint density at radius 2 is 1.90 bits per heavy atom. The number of aliphatic hydroxyl groups is 1. The third kappa shape index (κ3) is 3.51. The lowest BCUT2D eigenvalue weighted by atomic mass is 9.98. The summed E-state index contributed by atoms with van der Waals surface area (Å²) >= 11 is 1.36. The van der Waals surface area contributed by atoms with E-state index in [1.54, 1.807) is 12.1 Å². The summed E-state index contributed by atoms with van der Waals surface area (Å²) in [4.78, 5) is 28.4. The Balaban J connectivity index is 1.98. The third-order valence-electron chi connectivity index (χ3n) is 5.29. The van der Waals surface area contributed by atoms with Crippen molar-refractivity contribution >= 4 is 34.5 Å². The van der Waals surface area contributed by atoms with Gasteiger partial charge >= 0.3 is 0 Å². The zero-order valence-electron chi connectivity index (χ0n) is 17.2. The van der Waals surface area contributed by atoms with Crippen LogP contribution in [0.5, 0.6) is 5.75 Å². The molecule has 1 aromatic heterocycles. The summed E-state index contributed by atoms with van der Waals surface area (Å²) in [5, 5.41) is 13.0. The number of carbonyl (C=O) groups is 2. The van der Waals surface area contributed by atoms with Crippen LogP contribution in [-0.2, 0) is 9.59 Å². The van der Waals surface area contributed by atoms with Crippen molar-refractivity contribution in [1.29, 1.82) is 0 Å². The molecule has 5 nitrogen and oxygen atoms in total. The molecule has 1 unspecified atom stereocenters. The molecule has 0 saturated carbocycles. The maximum Gasteiger partial charge on any atom is 0.300 e. The van der Waals surface area contributed by atoms with Crippen LogP contribution in [0.4, 0.5) is 10.1 Å². The van der Waals surface area contributed by atoms with Gasteiger partial charge in [0, 0.05) is 10.6 Å². The molecule has 2 aromatic carbocycles. The predicted molar refractivity (Wildman–Crippen MR) is 118 cm³/mol. The van der Waals surface area contributed by atoms with Gasteiger partial charge in [0.2, 0.25) is 0 Å². The number of thiophene rings is 1. The van der Waals surface area contributed by atoms with Crippen molar-refractivity contribution in [3.05, 3.63) is 86.9 Å². The van der Waals surface area contributed by atoms with E-state index in [1.165, 1.54) is 35.5 Å². The molecule has 1 atom stereocenters. The number of Topliss-reactive ketones (excluding diaryl/α,β-unsaturated/α-hetero) is 1. The van der Waals surface area contributed by atoms with E-state index in [4.69, 9.17) is 4.74 Å². The van der Waals surface area contributed by atoms with Crippen molar-refractivity contribution in [2.24, 2.45) is 0 Å². The number of carbonyl (C=O) groups excluding carboxylic acids is 2. The molecule has 31 heavy (non-hydrogen) atoms. The zero-order chi connectivity index (χ0) is 22.3. The number of benzene rings is 2. The Morgan fingerprint density at radius 3 is 2.55 bits per heavy atom. The SMILES string of the molecule is COc1ccc(F)cc1/C(O)=C1/C(=O)C(=O)N(c2ccc(C)cc2C)C1c1cccs1. The number of halogens is 1. The average Bonchev–Trinajstić information content (AvgIpc) is 3.35. The normalized spacial score (nSPS) is 17.9. The number of hydrogen-bond acceptors (Lipinski definition) is 5. The van der Waals surface area contributed by atoms with Crippen molar-refractivity contribution in [2.45, 2.75) is 19.9 Å². The quantitative estimate of drug-likeness (QED) is 0.349. The smallest absolute Gasteiger partial charge is 0.300 e. The van der Waals surface area contributed by atoms with E-state index < -0.39 is 29.3 Å². The highest BCUT2D eigenvalue weighted by atomic mass is 32.1. The Labute approximate surface area is 183 Å². The summed E-state index contributed by atoms with van der Waals surface area (Å²) in [7, 11) is 1.38. The van der Waals surface area contributed by atoms with Crippen molar-refractivity contribution < 1.29 is 23.8 Å². The van der Waals surface area contributed by atoms with Crippen LogP contribution >= 0.6 is 11.3 Å². The maximum absolute atomic E-state index is 14.0. The predicted octanol–water partition coefficient (Wildman–Crippen LogP) is 5.14. The van der Waals surface area contributed by atoms with Gasteiger partial charge in [0.25, 0.3) is 11.7 Å². The molecule has 0 radical (unpaired) electrons. The molecule has 158 valence electrons. The highest BCUT2D eigenvalue weighted by Gasteiger charge is 2.48. The summed E-state index contributed by atoms with van der Waals surface area (Å²) < 4.78 is 19.2. The van der Waals surface area contributed by atoms with Crippen LogP contribution in [0.3, 0.4) is 0 Å². The number of methoxy groups -OCH3 is 1. The van der Waals surface area contributed by atoms with E-state index >= 15 is 0 Å². The second kappa shape index (κ2) is 8.00. The minimum atomic E-state index is -0.839. The number of ketones is 1. The molecule has 4 rings (SSSR count). The number of ether oxygens (including phenoxy) is 1. The van der Waals surface area contributed by atoms with Crippen LogP contribution in [-0.4, -0.2) is 23.9 Å². The first-order valence-electron chi connectivity index (χ1n) is 9.59. The van der Waals surface area contributed by atoms with E-state index in [1.807, 2.05) is 37.4 Å². The Bertz CT molecular complexity index is 1220. The third-order valence-corrected chi connectivity index (χ3v) is 6.21. The molecule has 3 aromatic rings. The van der Waals surface area contributed by atoms with E-state index in [9.17, 15) is 19.1 Å². The molecule has 1 aliphatic heterocycles. The van der Waals surface area contributed by atoms with E-state index in [-0.39, 0.29) is 16.9 Å². The Morgan fingerprint density at radius 1 is 1.13 bits per heavy atom. The molecule has 1 amide bonds. The molecule has 7 heteroatoms. The molecule has 0 bridgehead atoms. The van der Waals surface area contributed by atoms with E-state index in [0.717, 1.165) is 17.2 Å². The fourth-order valence-electron chi connectivity index (χ4n) is 3.88. The average molecular weight is 437 g/mol. The maximum atomic E-state index is 14.0. The van der Waals surface area contributed by atoms with Gasteiger partial charge in [0.1, 0.15) is 23.4 Å². The van der Waals surface area contributed by atoms with E-state index in [0.29, 0.717) is 10.6 Å². The number of aliphatic hydroxyl groups excluding tert-OH is 1. The minimum Gasteiger partial charge on any atom is -0.507 e. The lowest BCUT2D eigenvalue weighted by molar-refractivity contribution is -0.132. The molecule has 1 saturated heterocycles. The molecule has 0 aliphatic carbocycles. The second-order valence-electron chi connectivity index (χ2n) is 7.32. The monoisotopic (exact) mass is 437 g/mol. The van der Waals surface area contributed by atoms with Crippen LogP contribution in [0, 0.1) is 19.7 Å². The Hall–Kier alpha value is -3.45. The summed E-state index contributed by atoms with van der Waals surface area (Å²) in [5.41, 5.74) is 2.34. The molecular formula is C24H20FNO4S. The first kappa shape index (κ1) is 20.8. The van der Waals surface area contributed by atoms with Gasteiger partial charge in [-0.05, 0) is 55.1 Å². The summed E-state index contributed by atoms with van der Waals surface area (Å²) in [5.74, 6) is -2.45. The van der Waals surface area contributed by atoms with Crippen LogP contribution in [0.25, 0.3) is 5.76 Å². The van der Waals surface area contributed by atoms with Crippen LogP contribution in [0.2, 0.25) is 0 Å². The standard InChI is InChI=1S/C24H20FNO4S/c1-13-6-8-17(14(2)11-13)26-21(19-5-4-10-31-19)20(23(28)24(26)29)22(27)16-12-15(25)7-9-18(16)30-3/h4-12,21,27H,1-3H3/b22-20-. The topological polar surface area (TPSA) is 66.8 Å². The fraction of sp³-hybridized carbons (Fsp3) is 0.167. The van der Waals surface area contributed by atoms with Crippen molar-refractivity contribution in [3.63, 3.8) is 0 Å². The number of aryl methyl sites for hydroxylation is 2. The number of rotatable bonds is 4. The molecule has 1 fully saturated rings. The largest absolute Gasteiger partial charge is 0.507 e. The highest BCUT2D eigenvalue weighted by molar-refractivity contribution is 7.10. The highest BCUT2D eigenvalue weighted by Crippen LogP contribution is 2.45. The van der Waals surface area contributed by atoms with Crippen LogP contribution in [0.15, 0.2) is 59.5 Å². The first-order chi connectivity index (χ1) is 14.8. The minimum absolute atomic E-state index is 0.0164. The Kier molecular flexibility index (Phi) is 5.37. The number of nitrogens with zero attached hydrogens (tertiary/aromatic N) is 1. The number of amides is 1. The summed E-state index contributed by atoms with van der Waals surface area (Å²) in [6.07, 6.45) is 0. The zero-order valence-corrected chi connectivity index (χ0v) is 18.0. The van der Waals surface area contributed by atoms with Gasteiger partial charge in [0.05, 0.1) is 18.2 Å². The van der Waals surface area contributed by atoms with Gasteiger partial charge in [-0.15, -0.1) is 11.3 Å². The van der Waals surface area contributed by atoms with Gasteiger partial charge in [-0.3, -0.25) is 14.5 Å². The summed E-state index contributed by atoms with van der Waals surface area (Å²) in [6.45, 7) is 3.81. The van der Waals surface area contributed by atoms with Gasteiger partial charge in [-0.25, -0.2) is 4.39 Å². The van der Waals surface area contributed by atoms with Crippen LogP contribution < -0.4 is 9.64 Å². The molecule has 0 spiro atoms. The first-order valence-corrected chi connectivity index (χ1v) is 10.5. The molecular weight excluding hydrogens is 417 g/mol.